The van der Waals surface area contributed by atoms with Crippen molar-refractivity contribution < 1.29 is 17.9 Å². The zero-order valence-corrected chi connectivity index (χ0v) is 16.3. The van der Waals surface area contributed by atoms with Crippen LogP contribution in [0.4, 0.5) is 24.8 Å². The van der Waals surface area contributed by atoms with Crippen molar-refractivity contribution in [2.75, 3.05) is 11.4 Å². The zero-order valence-electron chi connectivity index (χ0n) is 14.1. The van der Waals surface area contributed by atoms with Crippen molar-refractivity contribution in [2.24, 2.45) is 0 Å². The maximum Gasteiger partial charge on any atom is 0.423 e. The number of nitrogens with zero attached hydrogens (tertiary/aromatic N) is 3. The van der Waals surface area contributed by atoms with E-state index >= 15 is 0 Å². The molecular formula is C17H19F3IN3O. The maximum atomic E-state index is 13.2. The van der Waals surface area contributed by atoms with Crippen molar-refractivity contribution >= 4 is 34.2 Å². The summed E-state index contributed by atoms with van der Waals surface area (Å²) >= 11 is 2.17. The predicted molar refractivity (Wildman–Crippen MR) is 99.3 cm³/mol. The molecule has 4 nitrogen and oxygen atoms in total. The van der Waals surface area contributed by atoms with E-state index in [1.165, 1.54) is 0 Å². The van der Waals surface area contributed by atoms with Gasteiger partial charge >= 0.3 is 6.18 Å². The molecular weight excluding hydrogens is 446 g/mol. The van der Waals surface area contributed by atoms with Gasteiger partial charge in [-0.3, -0.25) is 0 Å². The first-order valence-electron chi connectivity index (χ1n) is 7.90. The summed E-state index contributed by atoms with van der Waals surface area (Å²) in [5.41, 5.74) is -0.129. The Bertz CT molecular complexity index is 725. The Morgan fingerprint density at radius 1 is 1.24 bits per heavy atom. The number of hydrogen-bond donors (Lipinski definition) is 0. The Morgan fingerprint density at radius 2 is 1.92 bits per heavy atom. The summed E-state index contributed by atoms with van der Waals surface area (Å²) in [5.74, 6) is -0.255. The molecule has 25 heavy (non-hydrogen) atoms. The van der Waals surface area contributed by atoms with Crippen LogP contribution in [0.5, 0.6) is 5.88 Å². The molecule has 0 spiro atoms. The van der Waals surface area contributed by atoms with E-state index in [0.717, 1.165) is 15.5 Å². The van der Waals surface area contributed by atoms with Gasteiger partial charge in [-0.05, 0) is 55.0 Å². The van der Waals surface area contributed by atoms with E-state index in [9.17, 15) is 13.2 Å². The van der Waals surface area contributed by atoms with E-state index in [2.05, 4.69) is 32.6 Å². The van der Waals surface area contributed by atoms with Gasteiger partial charge in [-0.25, -0.2) is 4.98 Å². The molecule has 1 heterocycles. The topological polar surface area (TPSA) is 38.2 Å². The maximum absolute atomic E-state index is 13.2. The molecule has 8 heteroatoms. The second-order valence-corrected chi connectivity index (χ2v) is 6.58. The van der Waals surface area contributed by atoms with Gasteiger partial charge < -0.3 is 9.64 Å². The Hall–Kier alpha value is -1.58. The van der Waals surface area contributed by atoms with E-state index in [1.54, 1.807) is 11.8 Å². The molecule has 1 unspecified atom stereocenters. The molecule has 0 aliphatic heterocycles. The lowest BCUT2D eigenvalue weighted by Gasteiger charge is -2.24. The van der Waals surface area contributed by atoms with Crippen LogP contribution >= 0.6 is 22.6 Å². The van der Waals surface area contributed by atoms with E-state index in [0.29, 0.717) is 13.0 Å². The van der Waals surface area contributed by atoms with Gasteiger partial charge in [-0.15, -0.1) is 0 Å². The zero-order chi connectivity index (χ0) is 18.6. The number of hydrogen-bond acceptors (Lipinski definition) is 4. The largest absolute Gasteiger partial charge is 0.474 e. The summed E-state index contributed by atoms with van der Waals surface area (Å²) in [4.78, 5) is 9.78. The fraction of sp³-hybridized carbons (Fsp3) is 0.412. The van der Waals surface area contributed by atoms with Crippen LogP contribution in [0.3, 0.4) is 0 Å². The molecule has 0 aliphatic carbocycles. The van der Waals surface area contributed by atoms with E-state index in [-0.39, 0.29) is 12.1 Å². The number of ether oxygens (including phenoxy) is 1. The molecule has 0 bridgehead atoms. The van der Waals surface area contributed by atoms with Crippen molar-refractivity contribution in [1.29, 1.82) is 0 Å². The number of rotatable bonds is 6. The Kier molecular flexibility index (Phi) is 6.47. The van der Waals surface area contributed by atoms with Gasteiger partial charge in [0.25, 0.3) is 0 Å². The monoisotopic (exact) mass is 465 g/mol. The Balaban J connectivity index is 2.51. The van der Waals surface area contributed by atoms with E-state index in [4.69, 9.17) is 4.74 Å². The third-order valence-corrected chi connectivity index (χ3v) is 4.55. The minimum Gasteiger partial charge on any atom is -0.474 e. The molecule has 0 saturated carbocycles. The summed E-state index contributed by atoms with van der Waals surface area (Å²) in [7, 11) is 0. The van der Waals surface area contributed by atoms with Gasteiger partial charge in [0, 0.05) is 16.3 Å². The molecule has 2 aromatic rings. The first kappa shape index (κ1) is 19.7. The Labute approximate surface area is 158 Å². The fourth-order valence-corrected chi connectivity index (χ4v) is 2.81. The first-order chi connectivity index (χ1) is 11.8. The molecule has 0 radical (unpaired) electrons. The number of benzene rings is 1. The molecule has 0 amide bonds. The van der Waals surface area contributed by atoms with Crippen LogP contribution in [0.1, 0.15) is 32.8 Å². The molecule has 0 aliphatic rings. The van der Waals surface area contributed by atoms with Gasteiger partial charge in [-0.1, -0.05) is 19.1 Å². The molecule has 2 rings (SSSR count). The quantitative estimate of drug-likeness (QED) is 0.533. The molecule has 1 atom stereocenters. The highest BCUT2D eigenvalue weighted by atomic mass is 127. The number of halogens is 4. The second kappa shape index (κ2) is 8.20. The van der Waals surface area contributed by atoms with Crippen LogP contribution in [0, 0.1) is 3.57 Å². The lowest BCUT2D eigenvalue weighted by molar-refractivity contribution is -0.139. The lowest BCUT2D eigenvalue weighted by Crippen LogP contribution is -2.22. The average molecular weight is 465 g/mol. The van der Waals surface area contributed by atoms with Crippen molar-refractivity contribution in [2.45, 2.75) is 39.5 Å². The predicted octanol–water partition coefficient (Wildman–Crippen LogP) is 5.44. The van der Waals surface area contributed by atoms with Crippen molar-refractivity contribution in [3.8, 4) is 5.88 Å². The van der Waals surface area contributed by atoms with Gasteiger partial charge in [-0.2, -0.15) is 18.2 Å². The molecule has 0 saturated heterocycles. The van der Waals surface area contributed by atoms with Crippen LogP contribution in [0.15, 0.2) is 30.5 Å². The molecule has 1 aromatic heterocycles. The van der Waals surface area contributed by atoms with Gasteiger partial charge in [0.15, 0.2) is 0 Å². The van der Waals surface area contributed by atoms with Crippen LogP contribution in [0.25, 0.3) is 0 Å². The van der Waals surface area contributed by atoms with Gasteiger partial charge in [0.2, 0.25) is 11.8 Å². The fourth-order valence-electron chi connectivity index (χ4n) is 2.14. The summed E-state index contributed by atoms with van der Waals surface area (Å²) < 4.78 is 46.1. The van der Waals surface area contributed by atoms with E-state index < -0.39 is 17.6 Å². The lowest BCUT2D eigenvalue weighted by atomic mass is 10.3. The molecule has 1 aromatic carbocycles. The Morgan fingerprint density at radius 3 is 2.48 bits per heavy atom. The van der Waals surface area contributed by atoms with Gasteiger partial charge in [0.05, 0.1) is 11.8 Å². The molecule has 136 valence electrons. The highest BCUT2D eigenvalue weighted by Gasteiger charge is 2.37. The van der Waals surface area contributed by atoms with E-state index in [1.807, 2.05) is 38.1 Å². The number of alkyl halides is 3. The normalized spacial score (nSPS) is 12.8. The minimum atomic E-state index is -4.57. The summed E-state index contributed by atoms with van der Waals surface area (Å²) in [6.45, 7) is 5.94. The van der Waals surface area contributed by atoms with Crippen LogP contribution in [-0.4, -0.2) is 22.6 Å². The summed E-state index contributed by atoms with van der Waals surface area (Å²) in [6.07, 6.45) is -3.58. The molecule has 0 fully saturated rings. The highest BCUT2D eigenvalue weighted by Crippen LogP contribution is 2.37. The SMILES string of the molecule is CCC(C)Oc1nc(N(CC)c2ccccc2I)ncc1C(F)(F)F. The number of anilines is 2. The summed E-state index contributed by atoms with van der Waals surface area (Å²) in [5, 5.41) is 0. The standard InChI is InChI=1S/C17H19F3IN3O/c1-4-11(3)25-15-12(17(18,19)20)10-22-16(23-15)24(5-2)14-9-7-6-8-13(14)21/h6-11H,4-5H2,1-3H3. The van der Waals surface area contributed by atoms with Crippen LogP contribution in [-0.2, 0) is 6.18 Å². The number of para-hydroxylation sites is 1. The van der Waals surface area contributed by atoms with Crippen LogP contribution in [0.2, 0.25) is 0 Å². The summed E-state index contributed by atoms with van der Waals surface area (Å²) in [6, 6.07) is 7.55. The van der Waals surface area contributed by atoms with Crippen molar-refractivity contribution in [1.82, 2.24) is 9.97 Å². The van der Waals surface area contributed by atoms with Gasteiger partial charge in [0.1, 0.15) is 5.56 Å². The van der Waals surface area contributed by atoms with Crippen molar-refractivity contribution in [3.63, 3.8) is 0 Å². The van der Waals surface area contributed by atoms with Crippen molar-refractivity contribution in [3.05, 3.63) is 39.6 Å². The molecule has 0 N–H and O–H groups in total. The van der Waals surface area contributed by atoms with Crippen LogP contribution < -0.4 is 9.64 Å². The first-order valence-corrected chi connectivity index (χ1v) is 8.98. The minimum absolute atomic E-state index is 0.179. The highest BCUT2D eigenvalue weighted by molar-refractivity contribution is 14.1. The second-order valence-electron chi connectivity index (χ2n) is 5.42. The number of aromatic nitrogens is 2. The third-order valence-electron chi connectivity index (χ3n) is 3.64. The smallest absolute Gasteiger partial charge is 0.423 e. The third kappa shape index (κ3) is 4.74. The average Bonchev–Trinajstić information content (AvgIpc) is 2.56.